The van der Waals surface area contributed by atoms with Crippen LogP contribution in [0.4, 0.5) is 0 Å². The van der Waals surface area contributed by atoms with E-state index in [0.29, 0.717) is 0 Å². The molecule has 0 radical (unpaired) electrons. The molecule has 1 unspecified atom stereocenters. The molecule has 1 rings (SSSR count). The van der Waals surface area contributed by atoms with Gasteiger partial charge in [-0.2, -0.15) is 0 Å². The second-order valence-electron chi connectivity index (χ2n) is 1.88. The van der Waals surface area contributed by atoms with Crippen molar-refractivity contribution >= 4 is 17.5 Å². The lowest BCUT2D eigenvalue weighted by atomic mass is 9.83. The lowest BCUT2D eigenvalue weighted by Gasteiger charge is -2.16. The van der Waals surface area contributed by atoms with E-state index in [4.69, 9.17) is 5.11 Å². The van der Waals surface area contributed by atoms with Crippen molar-refractivity contribution in [1.29, 1.82) is 0 Å². The first kappa shape index (κ1) is 5.94. The van der Waals surface area contributed by atoms with Crippen LogP contribution >= 0.6 is 0 Å². The van der Waals surface area contributed by atoms with Crippen LogP contribution in [0.15, 0.2) is 0 Å². The number of Topliss-reactive ketones (excluding diaryl/α,β-unsaturated/α-hetero) is 2. The van der Waals surface area contributed by atoms with Gasteiger partial charge in [-0.25, -0.2) is 0 Å². The highest BCUT2D eigenvalue weighted by atomic mass is 16.4. The standard InChI is InChI=1S/C5H4O4/c6-3-1-2(4(3)7)5(8)9/h2H,1H2,(H,8,9). The third-order valence-electron chi connectivity index (χ3n) is 1.28. The summed E-state index contributed by atoms with van der Waals surface area (Å²) in [5, 5.41) is 8.15. The molecule has 1 N–H and O–H groups in total. The van der Waals surface area contributed by atoms with Crippen LogP contribution in [0.25, 0.3) is 0 Å². The van der Waals surface area contributed by atoms with Gasteiger partial charge in [0.1, 0.15) is 5.92 Å². The first-order valence-corrected chi connectivity index (χ1v) is 2.43. The van der Waals surface area contributed by atoms with Crippen molar-refractivity contribution < 1.29 is 19.5 Å². The maximum atomic E-state index is 10.3. The Labute approximate surface area is 50.5 Å². The van der Waals surface area contributed by atoms with Crippen LogP contribution in [0.5, 0.6) is 0 Å². The van der Waals surface area contributed by atoms with Crippen LogP contribution in [0.2, 0.25) is 0 Å². The van der Waals surface area contributed by atoms with Gasteiger partial charge >= 0.3 is 5.97 Å². The van der Waals surface area contributed by atoms with E-state index in [1.54, 1.807) is 0 Å². The fourth-order valence-corrected chi connectivity index (χ4v) is 0.641. The van der Waals surface area contributed by atoms with Crippen molar-refractivity contribution in [2.75, 3.05) is 0 Å². The summed E-state index contributed by atoms with van der Waals surface area (Å²) in [7, 11) is 0. The highest BCUT2D eigenvalue weighted by Gasteiger charge is 2.42. The average molecular weight is 128 g/mol. The number of ketones is 2. The number of carboxylic acids is 1. The second-order valence-corrected chi connectivity index (χ2v) is 1.88. The number of rotatable bonds is 1. The molecule has 0 amide bonds. The van der Waals surface area contributed by atoms with Crippen LogP contribution in [-0.4, -0.2) is 22.6 Å². The first-order valence-electron chi connectivity index (χ1n) is 2.43. The highest BCUT2D eigenvalue weighted by Crippen LogP contribution is 2.17. The number of carboxylic acid groups (broad SMARTS) is 1. The second kappa shape index (κ2) is 1.65. The summed E-state index contributed by atoms with van der Waals surface area (Å²) in [4.78, 5) is 30.4. The zero-order valence-corrected chi connectivity index (χ0v) is 4.46. The SMILES string of the molecule is O=C1CC(C(=O)O)C1=O. The van der Waals surface area contributed by atoms with E-state index in [1.807, 2.05) is 0 Å². The molecule has 1 saturated carbocycles. The fourth-order valence-electron chi connectivity index (χ4n) is 0.641. The molecular weight excluding hydrogens is 124 g/mol. The molecule has 48 valence electrons. The minimum atomic E-state index is -1.19. The molecule has 1 fully saturated rings. The van der Waals surface area contributed by atoms with Crippen molar-refractivity contribution in [1.82, 2.24) is 0 Å². The van der Waals surface area contributed by atoms with Gasteiger partial charge in [0, 0.05) is 6.42 Å². The Bertz CT molecular complexity index is 193. The summed E-state index contributed by atoms with van der Waals surface area (Å²) in [5.41, 5.74) is 0. The Kier molecular flexibility index (Phi) is 1.09. The maximum absolute atomic E-state index is 10.3. The largest absolute Gasteiger partial charge is 0.481 e. The first-order chi connectivity index (χ1) is 4.13. The van der Waals surface area contributed by atoms with Crippen LogP contribution in [0, 0.1) is 5.92 Å². The van der Waals surface area contributed by atoms with Crippen molar-refractivity contribution in [3.05, 3.63) is 0 Å². The topological polar surface area (TPSA) is 71.4 Å². The van der Waals surface area contributed by atoms with Crippen LogP contribution in [0.3, 0.4) is 0 Å². The number of aliphatic carboxylic acids is 1. The zero-order chi connectivity index (χ0) is 7.02. The predicted molar refractivity (Wildman–Crippen MR) is 25.8 cm³/mol. The summed E-state index contributed by atoms with van der Waals surface area (Å²) in [6.45, 7) is 0. The van der Waals surface area contributed by atoms with Gasteiger partial charge in [0.15, 0.2) is 0 Å². The molecule has 0 aromatic rings. The monoisotopic (exact) mass is 128 g/mol. The maximum Gasteiger partial charge on any atom is 0.315 e. The summed E-state index contributed by atoms with van der Waals surface area (Å²) in [6.07, 6.45) is -0.117. The molecule has 1 aliphatic rings. The Hall–Kier alpha value is -1.19. The molecule has 1 atom stereocenters. The van der Waals surface area contributed by atoms with E-state index in [-0.39, 0.29) is 6.42 Å². The summed E-state index contributed by atoms with van der Waals surface area (Å²) in [5.74, 6) is -3.57. The van der Waals surface area contributed by atoms with Crippen molar-refractivity contribution in [2.24, 2.45) is 5.92 Å². The molecule has 9 heavy (non-hydrogen) atoms. The highest BCUT2D eigenvalue weighted by molar-refractivity contribution is 6.48. The van der Waals surface area contributed by atoms with E-state index < -0.39 is 23.5 Å². The summed E-state index contributed by atoms with van der Waals surface area (Å²) >= 11 is 0. The summed E-state index contributed by atoms with van der Waals surface area (Å²) < 4.78 is 0. The zero-order valence-electron chi connectivity index (χ0n) is 4.46. The van der Waals surface area contributed by atoms with Gasteiger partial charge in [-0.15, -0.1) is 0 Å². The fraction of sp³-hybridized carbons (Fsp3) is 0.400. The number of carbonyl (C=O) groups excluding carboxylic acids is 2. The Morgan fingerprint density at radius 3 is 2.22 bits per heavy atom. The Balaban J connectivity index is 2.62. The number of hydrogen-bond acceptors (Lipinski definition) is 3. The van der Waals surface area contributed by atoms with Crippen LogP contribution in [-0.2, 0) is 14.4 Å². The molecule has 0 saturated heterocycles. The molecule has 0 aliphatic heterocycles. The molecule has 0 aromatic heterocycles. The molecule has 0 aromatic carbocycles. The molecule has 1 aliphatic carbocycles. The third-order valence-corrected chi connectivity index (χ3v) is 1.28. The van der Waals surface area contributed by atoms with Crippen molar-refractivity contribution in [3.63, 3.8) is 0 Å². The normalized spacial score (nSPS) is 25.6. The van der Waals surface area contributed by atoms with Gasteiger partial charge in [-0.05, 0) is 0 Å². The smallest absolute Gasteiger partial charge is 0.315 e. The quantitative estimate of drug-likeness (QED) is 0.371. The molecule has 4 nitrogen and oxygen atoms in total. The van der Waals surface area contributed by atoms with Gasteiger partial charge in [0.2, 0.25) is 11.6 Å². The lowest BCUT2D eigenvalue weighted by molar-refractivity contribution is -0.158. The molecule has 0 heterocycles. The number of hydrogen-bond donors (Lipinski definition) is 1. The van der Waals surface area contributed by atoms with E-state index in [1.165, 1.54) is 0 Å². The molecule has 0 bridgehead atoms. The van der Waals surface area contributed by atoms with E-state index in [0.717, 1.165) is 0 Å². The lowest BCUT2D eigenvalue weighted by Crippen LogP contribution is -2.42. The van der Waals surface area contributed by atoms with E-state index >= 15 is 0 Å². The third kappa shape index (κ3) is 0.718. The van der Waals surface area contributed by atoms with Gasteiger partial charge < -0.3 is 5.11 Å². The van der Waals surface area contributed by atoms with Gasteiger partial charge in [-0.1, -0.05) is 0 Å². The van der Waals surface area contributed by atoms with E-state index in [9.17, 15) is 14.4 Å². The summed E-state index contributed by atoms with van der Waals surface area (Å²) in [6, 6.07) is 0. The molecular formula is C5H4O4. The average Bonchev–Trinajstić information content (AvgIpc) is 1.81. The minimum Gasteiger partial charge on any atom is -0.481 e. The van der Waals surface area contributed by atoms with Gasteiger partial charge in [0.05, 0.1) is 0 Å². The molecule has 0 spiro atoms. The number of carbonyl (C=O) groups is 3. The van der Waals surface area contributed by atoms with Gasteiger partial charge in [0.25, 0.3) is 0 Å². The Morgan fingerprint density at radius 2 is 2.11 bits per heavy atom. The van der Waals surface area contributed by atoms with Gasteiger partial charge in [-0.3, -0.25) is 14.4 Å². The van der Waals surface area contributed by atoms with Crippen LogP contribution < -0.4 is 0 Å². The molecule has 4 heteroatoms. The van der Waals surface area contributed by atoms with Crippen molar-refractivity contribution in [2.45, 2.75) is 6.42 Å². The Morgan fingerprint density at radius 1 is 1.56 bits per heavy atom. The minimum absolute atomic E-state index is 0.117. The van der Waals surface area contributed by atoms with Crippen molar-refractivity contribution in [3.8, 4) is 0 Å². The van der Waals surface area contributed by atoms with Crippen LogP contribution in [0.1, 0.15) is 6.42 Å². The van der Waals surface area contributed by atoms with E-state index in [2.05, 4.69) is 0 Å². The predicted octanol–water partition coefficient (Wildman–Crippen LogP) is -0.771.